The lowest BCUT2D eigenvalue weighted by Crippen LogP contribution is -2.10. The second kappa shape index (κ2) is 6.02. The Balaban J connectivity index is 1.99. The highest BCUT2D eigenvalue weighted by molar-refractivity contribution is 5.88. The van der Waals surface area contributed by atoms with E-state index in [1.165, 1.54) is 12.4 Å². The van der Waals surface area contributed by atoms with Crippen molar-refractivity contribution in [3.8, 4) is 0 Å². The third-order valence-corrected chi connectivity index (χ3v) is 3.01. The quantitative estimate of drug-likeness (QED) is 0.585. The maximum absolute atomic E-state index is 12.0. The van der Waals surface area contributed by atoms with Crippen molar-refractivity contribution in [3.05, 3.63) is 28.8 Å². The summed E-state index contributed by atoms with van der Waals surface area (Å²) in [5, 5.41) is 3.34. The third-order valence-electron chi connectivity index (χ3n) is 3.01. The number of anilines is 2. The van der Waals surface area contributed by atoms with E-state index in [0.717, 1.165) is 0 Å². The normalized spacial score (nSPS) is 11.8. The minimum Gasteiger partial charge on any atom is -0.397 e. The van der Waals surface area contributed by atoms with E-state index in [2.05, 4.69) is 15.3 Å². The molecule has 0 radical (unpaired) electrons. The van der Waals surface area contributed by atoms with Gasteiger partial charge in [0.15, 0.2) is 0 Å². The molecule has 0 aliphatic rings. The Morgan fingerprint density at radius 2 is 2.05 bits per heavy atom. The standard InChI is InChI=1S/C13H15F3N4O/c14-13(15,16)3-1-2-4-18-11-6-10-8(5-9(11)17)12(21)20-7-19-10/h5-7,18H,1-4,17H2,(H,19,20,21). The fraction of sp³-hybridized carbons (Fsp3) is 0.385. The average molecular weight is 300 g/mol. The molecule has 2 aromatic rings. The smallest absolute Gasteiger partial charge is 0.389 e. The SMILES string of the molecule is Nc1cc2c(=O)[nH]cnc2cc1NCCCCC(F)(F)F. The summed E-state index contributed by atoms with van der Waals surface area (Å²) in [6.45, 7) is 0.370. The van der Waals surface area contributed by atoms with E-state index >= 15 is 0 Å². The fourth-order valence-electron chi connectivity index (χ4n) is 1.96. The molecule has 1 aromatic heterocycles. The highest BCUT2D eigenvalue weighted by Crippen LogP contribution is 2.24. The Hall–Kier alpha value is -2.25. The molecule has 114 valence electrons. The molecule has 0 spiro atoms. The third kappa shape index (κ3) is 4.11. The molecule has 0 atom stereocenters. The number of benzene rings is 1. The first-order chi connectivity index (χ1) is 9.87. The van der Waals surface area contributed by atoms with E-state index in [1.807, 2.05) is 0 Å². The fourth-order valence-corrected chi connectivity index (χ4v) is 1.96. The Morgan fingerprint density at radius 3 is 2.76 bits per heavy atom. The Labute approximate surface area is 118 Å². The summed E-state index contributed by atoms with van der Waals surface area (Å²) in [7, 11) is 0. The van der Waals surface area contributed by atoms with Crippen LogP contribution in [-0.2, 0) is 0 Å². The molecule has 1 aromatic carbocycles. The van der Waals surface area contributed by atoms with E-state index in [0.29, 0.717) is 35.2 Å². The van der Waals surface area contributed by atoms with Gasteiger partial charge < -0.3 is 16.0 Å². The lowest BCUT2D eigenvalue weighted by Gasteiger charge is -2.11. The van der Waals surface area contributed by atoms with Crippen molar-refractivity contribution >= 4 is 22.3 Å². The molecule has 1 heterocycles. The van der Waals surface area contributed by atoms with Crippen molar-refractivity contribution in [3.63, 3.8) is 0 Å². The highest BCUT2D eigenvalue weighted by atomic mass is 19.4. The molecule has 0 amide bonds. The van der Waals surface area contributed by atoms with Crippen LogP contribution >= 0.6 is 0 Å². The number of nitrogens with zero attached hydrogens (tertiary/aromatic N) is 1. The van der Waals surface area contributed by atoms with Crippen LogP contribution in [0.25, 0.3) is 10.9 Å². The molecule has 21 heavy (non-hydrogen) atoms. The van der Waals surface area contributed by atoms with Gasteiger partial charge >= 0.3 is 6.18 Å². The summed E-state index contributed by atoms with van der Waals surface area (Å²) < 4.78 is 36.0. The van der Waals surface area contributed by atoms with Crippen LogP contribution in [0.15, 0.2) is 23.3 Å². The van der Waals surface area contributed by atoms with Gasteiger partial charge in [0.05, 0.1) is 28.6 Å². The van der Waals surface area contributed by atoms with Crippen LogP contribution in [0.5, 0.6) is 0 Å². The van der Waals surface area contributed by atoms with Gasteiger partial charge in [0.25, 0.3) is 5.56 Å². The molecule has 0 unspecified atom stereocenters. The zero-order valence-corrected chi connectivity index (χ0v) is 11.1. The van der Waals surface area contributed by atoms with E-state index in [9.17, 15) is 18.0 Å². The van der Waals surface area contributed by atoms with Gasteiger partial charge in [-0.2, -0.15) is 13.2 Å². The predicted molar refractivity (Wildman–Crippen MR) is 75.2 cm³/mol. The molecule has 0 aliphatic heterocycles. The summed E-state index contributed by atoms with van der Waals surface area (Å²) in [6.07, 6.45) is -3.19. The Morgan fingerprint density at radius 1 is 1.29 bits per heavy atom. The number of unbranched alkanes of at least 4 members (excludes halogenated alkanes) is 1. The Bertz CT molecular complexity index is 681. The summed E-state index contributed by atoms with van der Waals surface area (Å²) in [4.78, 5) is 18.0. The molecule has 0 fully saturated rings. The maximum Gasteiger partial charge on any atom is 0.389 e. The van der Waals surface area contributed by atoms with E-state index in [4.69, 9.17) is 5.73 Å². The minimum atomic E-state index is -4.12. The van der Waals surface area contributed by atoms with Crippen LogP contribution in [0.3, 0.4) is 0 Å². The number of fused-ring (bicyclic) bond motifs is 1. The number of nitrogen functional groups attached to an aromatic ring is 1. The lowest BCUT2D eigenvalue weighted by atomic mass is 10.2. The van der Waals surface area contributed by atoms with Crippen LogP contribution < -0.4 is 16.6 Å². The number of aromatic amines is 1. The molecule has 8 heteroatoms. The molecule has 0 saturated carbocycles. The first-order valence-electron chi connectivity index (χ1n) is 6.44. The number of H-pyrrole nitrogens is 1. The van der Waals surface area contributed by atoms with Gasteiger partial charge in [-0.25, -0.2) is 4.98 Å². The monoisotopic (exact) mass is 300 g/mol. The molecular formula is C13H15F3N4O. The van der Waals surface area contributed by atoms with Crippen molar-refractivity contribution < 1.29 is 13.2 Å². The summed E-state index contributed by atoms with van der Waals surface area (Å²) >= 11 is 0. The largest absolute Gasteiger partial charge is 0.397 e. The summed E-state index contributed by atoms with van der Waals surface area (Å²) in [5.41, 5.74) is 6.93. The van der Waals surface area contributed by atoms with Crippen molar-refractivity contribution in [1.82, 2.24) is 9.97 Å². The van der Waals surface area contributed by atoms with Gasteiger partial charge in [0.1, 0.15) is 0 Å². The number of hydrogen-bond donors (Lipinski definition) is 3. The summed E-state index contributed by atoms with van der Waals surface area (Å²) in [5.74, 6) is 0. The Kier molecular flexibility index (Phi) is 4.35. The molecule has 0 bridgehead atoms. The number of halogens is 3. The maximum atomic E-state index is 12.0. The molecule has 0 aliphatic carbocycles. The van der Waals surface area contributed by atoms with Crippen LogP contribution in [0.4, 0.5) is 24.5 Å². The zero-order chi connectivity index (χ0) is 15.5. The van der Waals surface area contributed by atoms with Crippen molar-refractivity contribution in [2.24, 2.45) is 0 Å². The molecule has 0 saturated heterocycles. The minimum absolute atomic E-state index is 0.0574. The van der Waals surface area contributed by atoms with Crippen molar-refractivity contribution in [2.75, 3.05) is 17.6 Å². The highest BCUT2D eigenvalue weighted by Gasteiger charge is 2.25. The van der Waals surface area contributed by atoms with Gasteiger partial charge in [-0.1, -0.05) is 0 Å². The topological polar surface area (TPSA) is 83.8 Å². The van der Waals surface area contributed by atoms with E-state index in [1.54, 1.807) is 6.07 Å². The van der Waals surface area contributed by atoms with Gasteiger partial charge in [-0.05, 0) is 25.0 Å². The summed E-state index contributed by atoms with van der Waals surface area (Å²) in [6, 6.07) is 3.11. The zero-order valence-electron chi connectivity index (χ0n) is 11.1. The van der Waals surface area contributed by atoms with Crippen molar-refractivity contribution in [1.29, 1.82) is 0 Å². The first kappa shape index (κ1) is 15.1. The average Bonchev–Trinajstić information content (AvgIpc) is 2.39. The van der Waals surface area contributed by atoms with E-state index < -0.39 is 12.6 Å². The van der Waals surface area contributed by atoms with E-state index in [-0.39, 0.29) is 12.0 Å². The predicted octanol–water partition coefficient (Wildman–Crippen LogP) is 2.65. The number of nitrogens with one attached hydrogen (secondary N) is 2. The molecule has 2 rings (SSSR count). The van der Waals surface area contributed by atoms with Gasteiger partial charge in [-0.3, -0.25) is 4.79 Å². The van der Waals surface area contributed by atoms with Crippen molar-refractivity contribution in [2.45, 2.75) is 25.4 Å². The number of hydrogen-bond acceptors (Lipinski definition) is 4. The molecule has 4 N–H and O–H groups in total. The second-order valence-electron chi connectivity index (χ2n) is 4.69. The first-order valence-corrected chi connectivity index (χ1v) is 6.44. The van der Waals surface area contributed by atoms with Gasteiger partial charge in [0.2, 0.25) is 0 Å². The second-order valence-corrected chi connectivity index (χ2v) is 4.69. The number of aromatic nitrogens is 2. The lowest BCUT2D eigenvalue weighted by molar-refractivity contribution is -0.135. The van der Waals surface area contributed by atoms with Gasteiger partial charge in [-0.15, -0.1) is 0 Å². The molecule has 5 nitrogen and oxygen atoms in total. The number of nitrogens with two attached hydrogens (primary N) is 1. The van der Waals surface area contributed by atoms with Crippen LogP contribution in [0.1, 0.15) is 19.3 Å². The number of alkyl halides is 3. The van der Waals surface area contributed by atoms with Crippen LogP contribution in [0.2, 0.25) is 0 Å². The van der Waals surface area contributed by atoms with Crippen LogP contribution in [-0.4, -0.2) is 22.7 Å². The number of rotatable bonds is 5. The van der Waals surface area contributed by atoms with Gasteiger partial charge in [0, 0.05) is 13.0 Å². The van der Waals surface area contributed by atoms with Crippen LogP contribution in [0, 0.1) is 0 Å². The molecular weight excluding hydrogens is 285 g/mol.